The lowest BCUT2D eigenvalue weighted by molar-refractivity contribution is -0.305. The van der Waals surface area contributed by atoms with Gasteiger partial charge in [0.05, 0.1) is 25.4 Å². The predicted octanol–water partition coefficient (Wildman–Crippen LogP) is 17.1. The van der Waals surface area contributed by atoms with Gasteiger partial charge < -0.3 is 45.1 Å². The van der Waals surface area contributed by atoms with Crippen LogP contribution in [0.25, 0.3) is 0 Å². The van der Waals surface area contributed by atoms with Crippen LogP contribution >= 0.6 is 0 Å². The highest BCUT2D eigenvalue weighted by atomic mass is 16.7. The highest BCUT2D eigenvalue weighted by Crippen LogP contribution is 2.26. The third kappa shape index (κ3) is 46.5. The largest absolute Gasteiger partial charge is 0.454 e. The van der Waals surface area contributed by atoms with Gasteiger partial charge in [-0.25, -0.2) is 0 Å². The smallest absolute Gasteiger partial charge is 0.306 e. The molecule has 8 unspecified atom stereocenters. The molecule has 11 nitrogen and oxygen atoms in total. The number of rotatable bonds is 57. The molecular weight excluding hydrogens is 1040 g/mol. The first kappa shape index (κ1) is 77.6. The first-order valence-electron chi connectivity index (χ1n) is 34.0. The number of esters is 1. The molecule has 0 aromatic rings. The first-order valence-corrected chi connectivity index (χ1v) is 34.0. The molecule has 0 bridgehead atoms. The summed E-state index contributed by atoms with van der Waals surface area (Å²) in [5.41, 5.74) is 0. The number of hydrogen-bond donors (Lipinski definition) is 6. The minimum Gasteiger partial charge on any atom is -0.454 e. The minimum atomic E-state index is -1.65. The number of nitrogens with one attached hydrogen (secondary N) is 1. The number of hydrogen-bond acceptors (Lipinski definition) is 10. The summed E-state index contributed by atoms with van der Waals surface area (Å²) >= 11 is 0. The molecule has 0 aromatic heterocycles. The van der Waals surface area contributed by atoms with Gasteiger partial charge >= 0.3 is 5.97 Å². The van der Waals surface area contributed by atoms with Crippen LogP contribution in [-0.4, -0.2) is 99.6 Å². The van der Waals surface area contributed by atoms with Gasteiger partial charge in [-0.15, -0.1) is 0 Å². The van der Waals surface area contributed by atoms with Crippen LogP contribution in [0.1, 0.15) is 284 Å². The zero-order valence-electron chi connectivity index (χ0n) is 53.0. The van der Waals surface area contributed by atoms with E-state index in [0.717, 1.165) is 70.6 Å². The zero-order valence-corrected chi connectivity index (χ0v) is 53.0. The van der Waals surface area contributed by atoms with Crippen molar-refractivity contribution in [1.82, 2.24) is 5.32 Å². The van der Waals surface area contributed by atoms with Crippen molar-refractivity contribution < 1.29 is 49.3 Å². The van der Waals surface area contributed by atoms with Crippen molar-refractivity contribution in [2.24, 2.45) is 0 Å². The van der Waals surface area contributed by atoms with E-state index in [1.165, 1.54) is 161 Å². The van der Waals surface area contributed by atoms with Crippen LogP contribution in [0, 0.1) is 0 Å². The maximum Gasteiger partial charge on any atom is 0.306 e. The fraction of sp³-hybridized carbons (Fsp3) is 0.750. The molecule has 1 heterocycles. The van der Waals surface area contributed by atoms with Gasteiger partial charge in [0.1, 0.15) is 24.4 Å². The molecule has 1 fully saturated rings. The Morgan fingerprint density at radius 1 is 0.482 bits per heavy atom. The standard InChI is InChI=1S/C72H125NO10/c1-4-7-10-13-16-19-22-25-27-29-31-32-33-35-36-38-41-44-47-50-53-56-59-65(76)71(80)73-63(64(75)58-55-52-49-46-43-40-24-21-18-15-12-9-6-3)62-81-72-70(69(79)68(78)66(61-74)82-72)83-67(77)60-57-54-51-48-45-42-39-37-34-30-28-26-23-20-17-14-11-8-5-2/h8,11,17,20,25-28,34,37,42,45,51,54-55,58,63-66,68-70,72,74-76,78-79H,4-7,9-10,12-16,18-19,21-24,29-33,35-36,38-41,43-44,46-50,52-53,56-57,59-62H2,1-3H3,(H,73,80)/b11-8-,20-17-,27-25+,28-26-,37-34-,45-42-,54-51-,58-55+. The van der Waals surface area contributed by atoms with Gasteiger partial charge in [-0.2, -0.15) is 0 Å². The molecule has 1 aliphatic rings. The number of aliphatic hydroxyl groups is 5. The third-order valence-electron chi connectivity index (χ3n) is 15.5. The van der Waals surface area contributed by atoms with E-state index in [-0.39, 0.29) is 19.4 Å². The summed E-state index contributed by atoms with van der Waals surface area (Å²) in [5.74, 6) is -1.28. The van der Waals surface area contributed by atoms with E-state index < -0.39 is 67.4 Å². The Hall–Kier alpha value is -3.42. The second-order valence-corrected chi connectivity index (χ2v) is 23.2. The molecule has 0 saturated carbocycles. The van der Waals surface area contributed by atoms with E-state index in [9.17, 15) is 35.1 Å². The van der Waals surface area contributed by atoms with Crippen molar-refractivity contribution >= 4 is 11.9 Å². The summed E-state index contributed by atoms with van der Waals surface area (Å²) in [6.45, 7) is 5.66. The van der Waals surface area contributed by atoms with Crippen LogP contribution in [0.15, 0.2) is 97.2 Å². The molecule has 1 saturated heterocycles. The molecular formula is C72H125NO10. The summed E-state index contributed by atoms with van der Waals surface area (Å²) < 4.78 is 17.6. The van der Waals surface area contributed by atoms with Crippen LogP contribution in [0.4, 0.5) is 0 Å². The van der Waals surface area contributed by atoms with Crippen molar-refractivity contribution in [2.75, 3.05) is 13.2 Å². The first-order chi connectivity index (χ1) is 40.7. The van der Waals surface area contributed by atoms with Crippen LogP contribution in [0.3, 0.4) is 0 Å². The number of unbranched alkanes of at least 4 members (excludes halogenated alkanes) is 29. The molecule has 11 heteroatoms. The van der Waals surface area contributed by atoms with Gasteiger partial charge in [0.2, 0.25) is 5.91 Å². The van der Waals surface area contributed by atoms with Gasteiger partial charge in [0.15, 0.2) is 12.4 Å². The molecule has 6 N–H and O–H groups in total. The lowest BCUT2D eigenvalue weighted by Gasteiger charge is -2.41. The second-order valence-electron chi connectivity index (χ2n) is 23.2. The maximum atomic E-state index is 13.5. The molecule has 1 rings (SSSR count). The van der Waals surface area contributed by atoms with Gasteiger partial charge in [-0.1, -0.05) is 285 Å². The summed E-state index contributed by atoms with van der Waals surface area (Å²) in [4.78, 5) is 26.6. The van der Waals surface area contributed by atoms with Gasteiger partial charge in [-0.05, 0) is 89.9 Å². The van der Waals surface area contributed by atoms with Crippen molar-refractivity contribution in [3.63, 3.8) is 0 Å². The molecule has 1 aliphatic heterocycles. The summed E-state index contributed by atoms with van der Waals surface area (Å²) in [6.07, 6.45) is 68.9. The Bertz CT molecular complexity index is 1720. The van der Waals surface area contributed by atoms with Gasteiger partial charge in [0, 0.05) is 6.42 Å². The monoisotopic (exact) mass is 1160 g/mol. The van der Waals surface area contributed by atoms with E-state index >= 15 is 0 Å². The average molecular weight is 1160 g/mol. The topological polar surface area (TPSA) is 175 Å². The number of carbonyl (C=O) groups excluding carboxylic acids is 2. The van der Waals surface area contributed by atoms with Gasteiger partial charge in [-0.3, -0.25) is 9.59 Å². The number of carbonyl (C=O) groups is 2. The van der Waals surface area contributed by atoms with E-state index in [1.807, 2.05) is 18.2 Å². The van der Waals surface area contributed by atoms with E-state index in [0.29, 0.717) is 19.3 Å². The normalized spacial score (nSPS) is 19.2. The number of aliphatic hydroxyl groups excluding tert-OH is 5. The lowest BCUT2D eigenvalue weighted by atomic mass is 9.99. The Balaban J connectivity index is 2.67. The zero-order chi connectivity index (χ0) is 60.3. The molecule has 1 amide bonds. The van der Waals surface area contributed by atoms with Crippen molar-refractivity contribution in [3.05, 3.63) is 97.2 Å². The lowest BCUT2D eigenvalue weighted by Crippen LogP contribution is -2.61. The Morgan fingerprint density at radius 2 is 0.867 bits per heavy atom. The van der Waals surface area contributed by atoms with Crippen LogP contribution in [0.5, 0.6) is 0 Å². The highest BCUT2D eigenvalue weighted by molar-refractivity contribution is 5.80. The molecule has 0 aliphatic carbocycles. The van der Waals surface area contributed by atoms with E-state index in [4.69, 9.17) is 14.2 Å². The molecule has 83 heavy (non-hydrogen) atoms. The summed E-state index contributed by atoms with van der Waals surface area (Å²) in [5, 5.41) is 57.1. The quantitative estimate of drug-likeness (QED) is 0.0195. The van der Waals surface area contributed by atoms with Crippen molar-refractivity contribution in [2.45, 2.75) is 333 Å². The second kappa shape index (κ2) is 58.9. The minimum absolute atomic E-state index is 0.00497. The van der Waals surface area contributed by atoms with Crippen molar-refractivity contribution in [3.8, 4) is 0 Å². The highest BCUT2D eigenvalue weighted by Gasteiger charge is 2.47. The average Bonchev–Trinajstić information content (AvgIpc) is 3.58. The SMILES string of the molecule is CC/C=C\C/C=C\C/C=C\C/C=C\C/C=C\C/C=C\CCC(=O)OC1C(OCC(NC(=O)C(O)CCCCCCCCCCCCCC/C=C/CCCCCCCC)C(O)/C=C/CCCCCCCCCCCCC)OC(CO)C(O)C1O. The van der Waals surface area contributed by atoms with Crippen LogP contribution < -0.4 is 5.32 Å². The number of amides is 1. The fourth-order valence-electron chi connectivity index (χ4n) is 10.1. The fourth-order valence-corrected chi connectivity index (χ4v) is 10.1. The summed E-state index contributed by atoms with van der Waals surface area (Å²) in [6, 6.07) is -1.04. The van der Waals surface area contributed by atoms with E-state index in [1.54, 1.807) is 6.08 Å². The number of allylic oxidation sites excluding steroid dienone is 15. The molecule has 0 aromatic carbocycles. The Morgan fingerprint density at radius 3 is 1.30 bits per heavy atom. The molecule has 478 valence electrons. The maximum absolute atomic E-state index is 13.5. The summed E-state index contributed by atoms with van der Waals surface area (Å²) in [7, 11) is 0. The number of ether oxygens (including phenoxy) is 3. The molecule has 0 radical (unpaired) electrons. The van der Waals surface area contributed by atoms with Crippen molar-refractivity contribution in [1.29, 1.82) is 0 Å². The van der Waals surface area contributed by atoms with Crippen LogP contribution in [-0.2, 0) is 23.8 Å². The van der Waals surface area contributed by atoms with Gasteiger partial charge in [0.25, 0.3) is 0 Å². The Labute approximate surface area is 507 Å². The molecule has 8 atom stereocenters. The predicted molar refractivity (Wildman–Crippen MR) is 347 cm³/mol. The molecule has 0 spiro atoms. The third-order valence-corrected chi connectivity index (χ3v) is 15.5. The van der Waals surface area contributed by atoms with Crippen LogP contribution in [0.2, 0.25) is 0 Å². The Kier molecular flexibility index (Phi) is 55.1. The van der Waals surface area contributed by atoms with E-state index in [2.05, 4.69) is 99.0 Å².